The Hall–Kier alpha value is -2.21. The van der Waals surface area contributed by atoms with Crippen LogP contribution >= 0.6 is 0 Å². The molecule has 1 amide bonds. The molecule has 0 saturated heterocycles. The van der Waals surface area contributed by atoms with Crippen LogP contribution < -0.4 is 5.32 Å². The summed E-state index contributed by atoms with van der Waals surface area (Å²) in [4.78, 5) is 11.7. The largest absolute Gasteiger partial charge is 0.388 e. The van der Waals surface area contributed by atoms with Crippen molar-refractivity contribution in [1.29, 1.82) is 0 Å². The van der Waals surface area contributed by atoms with Gasteiger partial charge in [0.25, 0.3) is 0 Å². The summed E-state index contributed by atoms with van der Waals surface area (Å²) >= 11 is 0. The summed E-state index contributed by atoms with van der Waals surface area (Å²) < 4.78 is 14.8. The molecule has 21 heavy (non-hydrogen) atoms. The maximum atomic E-state index is 13.0. The molecule has 0 spiro atoms. The molecular weight excluding hydrogens is 273 g/mol. The number of aryl methyl sites for hydroxylation is 1. The van der Waals surface area contributed by atoms with E-state index < -0.39 is 11.9 Å². The molecule has 0 fully saturated rings. The quantitative estimate of drug-likeness (QED) is 0.762. The van der Waals surface area contributed by atoms with Gasteiger partial charge in [0, 0.05) is 25.5 Å². The maximum absolute atomic E-state index is 13.0. The molecule has 2 N–H and O–H groups in total. The Labute approximate surface area is 122 Å². The molecule has 2 aromatic rings. The van der Waals surface area contributed by atoms with Crippen molar-refractivity contribution >= 4 is 5.91 Å². The van der Waals surface area contributed by atoms with Gasteiger partial charge in [-0.25, -0.2) is 4.39 Å². The number of hydrogen-bond acceptors (Lipinski definition) is 3. The van der Waals surface area contributed by atoms with E-state index in [1.807, 2.05) is 12.3 Å². The van der Waals surface area contributed by atoms with E-state index in [1.165, 1.54) is 18.2 Å². The Morgan fingerprint density at radius 2 is 2.29 bits per heavy atom. The van der Waals surface area contributed by atoms with E-state index in [0.29, 0.717) is 12.1 Å². The van der Waals surface area contributed by atoms with Gasteiger partial charge in [-0.15, -0.1) is 0 Å². The van der Waals surface area contributed by atoms with Crippen LogP contribution in [0.2, 0.25) is 0 Å². The number of amides is 1. The van der Waals surface area contributed by atoms with E-state index in [0.717, 1.165) is 13.0 Å². The third-order valence-corrected chi connectivity index (χ3v) is 3.06. The van der Waals surface area contributed by atoms with Crippen molar-refractivity contribution in [2.75, 3.05) is 6.54 Å². The molecule has 6 heteroatoms. The van der Waals surface area contributed by atoms with E-state index in [-0.39, 0.29) is 12.3 Å². The lowest BCUT2D eigenvalue weighted by atomic mass is 10.1. The number of nitrogens with zero attached hydrogens (tertiary/aromatic N) is 2. The average Bonchev–Trinajstić information content (AvgIpc) is 2.97. The summed E-state index contributed by atoms with van der Waals surface area (Å²) in [6, 6.07) is 7.48. The first-order valence-electron chi connectivity index (χ1n) is 6.83. The van der Waals surface area contributed by atoms with E-state index >= 15 is 0 Å². The average molecular weight is 291 g/mol. The molecule has 112 valence electrons. The predicted octanol–water partition coefficient (Wildman–Crippen LogP) is 1.65. The molecule has 0 bridgehead atoms. The Balaban J connectivity index is 1.69. The topological polar surface area (TPSA) is 67.2 Å². The van der Waals surface area contributed by atoms with Crippen molar-refractivity contribution in [2.45, 2.75) is 25.5 Å². The molecule has 1 aromatic heterocycles. The van der Waals surface area contributed by atoms with Gasteiger partial charge in [0.05, 0.1) is 12.5 Å². The number of aliphatic hydroxyl groups excluding tert-OH is 1. The third kappa shape index (κ3) is 5.00. The third-order valence-electron chi connectivity index (χ3n) is 3.06. The van der Waals surface area contributed by atoms with Crippen LogP contribution in [0.1, 0.15) is 24.5 Å². The number of hydrogen-bond donors (Lipinski definition) is 2. The lowest BCUT2D eigenvalue weighted by Crippen LogP contribution is -2.26. The van der Waals surface area contributed by atoms with Gasteiger partial charge in [-0.2, -0.15) is 5.10 Å². The number of carbonyl (C=O) groups excluding carboxylic acids is 1. The summed E-state index contributed by atoms with van der Waals surface area (Å²) in [7, 11) is 0. The first-order chi connectivity index (χ1) is 10.1. The number of aliphatic hydroxyl groups is 1. The summed E-state index contributed by atoms with van der Waals surface area (Å²) in [5, 5.41) is 16.7. The standard InChI is InChI=1S/C15H18FN3O2/c16-13-5-1-4-12(10-13)14(20)11-15(21)17-6-2-8-19-9-3-7-18-19/h1,3-5,7,9-10,14,20H,2,6,8,11H2,(H,17,21). The Morgan fingerprint density at radius 1 is 1.43 bits per heavy atom. The van der Waals surface area contributed by atoms with Crippen LogP contribution in [0, 0.1) is 5.82 Å². The highest BCUT2D eigenvalue weighted by Crippen LogP contribution is 2.17. The molecule has 1 unspecified atom stereocenters. The van der Waals surface area contributed by atoms with Gasteiger partial charge in [0.2, 0.25) is 5.91 Å². The zero-order chi connectivity index (χ0) is 15.1. The first-order valence-corrected chi connectivity index (χ1v) is 6.83. The van der Waals surface area contributed by atoms with Crippen molar-refractivity contribution in [2.24, 2.45) is 0 Å². The molecule has 0 aliphatic heterocycles. The van der Waals surface area contributed by atoms with E-state index in [2.05, 4.69) is 10.4 Å². The second kappa shape index (κ2) is 7.54. The van der Waals surface area contributed by atoms with Crippen LogP contribution in [-0.2, 0) is 11.3 Å². The number of halogens is 1. The van der Waals surface area contributed by atoms with Gasteiger partial charge in [-0.1, -0.05) is 12.1 Å². The summed E-state index contributed by atoms with van der Waals surface area (Å²) in [6.07, 6.45) is 3.24. The summed E-state index contributed by atoms with van der Waals surface area (Å²) in [6.45, 7) is 1.23. The highest BCUT2D eigenvalue weighted by molar-refractivity contribution is 5.76. The van der Waals surface area contributed by atoms with E-state index in [1.54, 1.807) is 16.9 Å². The fourth-order valence-corrected chi connectivity index (χ4v) is 1.98. The van der Waals surface area contributed by atoms with Crippen LogP contribution in [0.15, 0.2) is 42.7 Å². The second-order valence-electron chi connectivity index (χ2n) is 4.75. The van der Waals surface area contributed by atoms with Gasteiger partial charge >= 0.3 is 0 Å². The van der Waals surface area contributed by atoms with Gasteiger partial charge in [0.15, 0.2) is 0 Å². The smallest absolute Gasteiger partial charge is 0.222 e. The Bertz CT molecular complexity index is 572. The molecule has 0 radical (unpaired) electrons. The van der Waals surface area contributed by atoms with Gasteiger partial charge in [0.1, 0.15) is 5.82 Å². The lowest BCUT2D eigenvalue weighted by Gasteiger charge is -2.11. The van der Waals surface area contributed by atoms with Gasteiger partial charge in [-0.05, 0) is 30.2 Å². The molecule has 0 aliphatic carbocycles. The maximum Gasteiger partial charge on any atom is 0.222 e. The van der Waals surface area contributed by atoms with Crippen molar-refractivity contribution < 1.29 is 14.3 Å². The van der Waals surface area contributed by atoms with Crippen molar-refractivity contribution in [3.63, 3.8) is 0 Å². The number of benzene rings is 1. The van der Waals surface area contributed by atoms with Crippen LogP contribution in [0.5, 0.6) is 0 Å². The van der Waals surface area contributed by atoms with Crippen LogP contribution in [0.3, 0.4) is 0 Å². The van der Waals surface area contributed by atoms with Crippen LogP contribution in [0.25, 0.3) is 0 Å². The Morgan fingerprint density at radius 3 is 3.00 bits per heavy atom. The molecule has 1 aromatic carbocycles. The SMILES string of the molecule is O=C(CC(O)c1cccc(F)c1)NCCCn1cccn1. The number of rotatable bonds is 7. The monoisotopic (exact) mass is 291 g/mol. The number of aromatic nitrogens is 2. The van der Waals surface area contributed by atoms with Gasteiger partial charge < -0.3 is 10.4 Å². The number of nitrogens with one attached hydrogen (secondary N) is 1. The molecule has 1 atom stereocenters. The summed E-state index contributed by atoms with van der Waals surface area (Å²) in [5.74, 6) is -0.682. The lowest BCUT2D eigenvalue weighted by molar-refractivity contribution is -0.123. The highest BCUT2D eigenvalue weighted by atomic mass is 19.1. The minimum Gasteiger partial charge on any atom is -0.388 e. The van der Waals surface area contributed by atoms with Gasteiger partial charge in [-0.3, -0.25) is 9.48 Å². The van der Waals surface area contributed by atoms with Crippen molar-refractivity contribution in [1.82, 2.24) is 15.1 Å². The van der Waals surface area contributed by atoms with E-state index in [9.17, 15) is 14.3 Å². The minimum absolute atomic E-state index is 0.0782. The fourth-order valence-electron chi connectivity index (χ4n) is 1.98. The molecule has 0 aliphatic rings. The normalized spacial score (nSPS) is 12.1. The summed E-state index contributed by atoms with van der Waals surface area (Å²) in [5.41, 5.74) is 0.404. The van der Waals surface area contributed by atoms with Crippen molar-refractivity contribution in [3.05, 3.63) is 54.1 Å². The first kappa shape index (κ1) is 15.2. The minimum atomic E-state index is -0.994. The molecule has 5 nitrogen and oxygen atoms in total. The zero-order valence-electron chi connectivity index (χ0n) is 11.6. The van der Waals surface area contributed by atoms with E-state index in [4.69, 9.17) is 0 Å². The number of carbonyl (C=O) groups is 1. The van der Waals surface area contributed by atoms with Crippen molar-refractivity contribution in [3.8, 4) is 0 Å². The van der Waals surface area contributed by atoms with Crippen LogP contribution in [-0.4, -0.2) is 27.3 Å². The molecule has 1 heterocycles. The second-order valence-corrected chi connectivity index (χ2v) is 4.75. The molecule has 0 saturated carbocycles. The zero-order valence-corrected chi connectivity index (χ0v) is 11.6. The predicted molar refractivity (Wildman–Crippen MR) is 75.8 cm³/mol. The Kier molecular flexibility index (Phi) is 5.45. The van der Waals surface area contributed by atoms with Crippen LogP contribution in [0.4, 0.5) is 4.39 Å². The molecular formula is C15H18FN3O2. The highest BCUT2D eigenvalue weighted by Gasteiger charge is 2.13. The fraction of sp³-hybridized carbons (Fsp3) is 0.333. The molecule has 2 rings (SSSR count).